The van der Waals surface area contributed by atoms with Gasteiger partial charge in [0.25, 0.3) is 0 Å². The van der Waals surface area contributed by atoms with Crippen molar-refractivity contribution in [3.8, 4) is 0 Å². The van der Waals surface area contributed by atoms with Crippen molar-refractivity contribution in [2.24, 2.45) is 5.92 Å². The third-order valence-corrected chi connectivity index (χ3v) is 3.75. The van der Waals surface area contributed by atoms with Gasteiger partial charge in [0.1, 0.15) is 0 Å². The van der Waals surface area contributed by atoms with E-state index in [0.717, 1.165) is 18.2 Å². The van der Waals surface area contributed by atoms with Crippen LogP contribution in [0.4, 0.5) is 11.6 Å². The highest BCUT2D eigenvalue weighted by Gasteiger charge is 2.11. The Labute approximate surface area is 133 Å². The molecule has 0 saturated heterocycles. The molecule has 1 heterocycles. The van der Waals surface area contributed by atoms with E-state index in [4.69, 9.17) is 34.8 Å². The van der Waals surface area contributed by atoms with Gasteiger partial charge < -0.3 is 9.88 Å². The number of imidazole rings is 1. The molecule has 0 radical (unpaired) electrons. The van der Waals surface area contributed by atoms with E-state index in [1.165, 1.54) is 0 Å². The van der Waals surface area contributed by atoms with Crippen LogP contribution in [0.3, 0.4) is 0 Å². The highest BCUT2D eigenvalue weighted by molar-refractivity contribution is 6.44. The number of anilines is 2. The van der Waals surface area contributed by atoms with E-state index in [0.29, 0.717) is 26.7 Å². The number of rotatable bonds is 4. The van der Waals surface area contributed by atoms with E-state index < -0.39 is 0 Å². The first kappa shape index (κ1) is 15.5. The second-order valence-electron chi connectivity index (χ2n) is 5.12. The van der Waals surface area contributed by atoms with Gasteiger partial charge in [-0.15, -0.1) is 0 Å². The maximum absolute atomic E-state index is 6.17. The molecule has 0 unspecified atom stereocenters. The van der Waals surface area contributed by atoms with E-state index in [1.807, 2.05) is 13.1 Å². The fourth-order valence-corrected chi connectivity index (χ4v) is 2.51. The molecule has 0 amide bonds. The smallest absolute Gasteiger partial charge is 0.207 e. The SMILES string of the molecule is Cc1cn(CC(C)C)c(Nc2cc(Cl)c(Cl)cc2Cl)n1. The molecule has 0 aliphatic heterocycles. The van der Waals surface area contributed by atoms with Gasteiger partial charge >= 0.3 is 0 Å². The number of nitrogens with zero attached hydrogens (tertiary/aromatic N) is 2. The van der Waals surface area contributed by atoms with Crippen molar-refractivity contribution in [3.05, 3.63) is 39.1 Å². The normalized spacial score (nSPS) is 11.2. The summed E-state index contributed by atoms with van der Waals surface area (Å²) in [6.45, 7) is 7.15. The molecule has 0 bridgehead atoms. The van der Waals surface area contributed by atoms with E-state index in [-0.39, 0.29) is 0 Å². The van der Waals surface area contributed by atoms with Crippen LogP contribution in [0.1, 0.15) is 19.5 Å². The zero-order chi connectivity index (χ0) is 14.9. The summed E-state index contributed by atoms with van der Waals surface area (Å²) in [7, 11) is 0. The molecule has 6 heteroatoms. The monoisotopic (exact) mass is 331 g/mol. The second-order valence-corrected chi connectivity index (χ2v) is 6.34. The van der Waals surface area contributed by atoms with Crippen molar-refractivity contribution >= 4 is 46.4 Å². The predicted octanol–water partition coefficient (Wildman–Crippen LogP) is 5.55. The number of hydrogen-bond donors (Lipinski definition) is 1. The van der Waals surface area contributed by atoms with Crippen LogP contribution in [0.2, 0.25) is 15.1 Å². The molecule has 0 spiro atoms. The van der Waals surface area contributed by atoms with Gasteiger partial charge in [-0.05, 0) is 25.0 Å². The summed E-state index contributed by atoms with van der Waals surface area (Å²) in [6, 6.07) is 3.33. The molecule has 0 saturated carbocycles. The number of aromatic nitrogens is 2. The highest BCUT2D eigenvalue weighted by Crippen LogP contribution is 2.33. The summed E-state index contributed by atoms with van der Waals surface area (Å²) in [5.74, 6) is 1.27. The maximum atomic E-state index is 6.17. The van der Waals surface area contributed by atoms with Gasteiger partial charge in [0.2, 0.25) is 5.95 Å². The number of hydrogen-bond acceptors (Lipinski definition) is 2. The van der Waals surface area contributed by atoms with Crippen molar-refractivity contribution in [3.63, 3.8) is 0 Å². The van der Waals surface area contributed by atoms with Gasteiger partial charge in [0, 0.05) is 12.7 Å². The largest absolute Gasteiger partial charge is 0.324 e. The van der Waals surface area contributed by atoms with Crippen LogP contribution in [-0.4, -0.2) is 9.55 Å². The van der Waals surface area contributed by atoms with E-state index in [2.05, 4.69) is 28.7 Å². The van der Waals surface area contributed by atoms with Crippen molar-refractivity contribution in [1.29, 1.82) is 0 Å². The molecule has 2 aromatic rings. The topological polar surface area (TPSA) is 29.9 Å². The third-order valence-electron chi connectivity index (χ3n) is 2.72. The Morgan fingerprint density at radius 2 is 1.80 bits per heavy atom. The fraction of sp³-hybridized carbons (Fsp3) is 0.357. The molecule has 0 aliphatic carbocycles. The zero-order valence-electron chi connectivity index (χ0n) is 11.5. The highest BCUT2D eigenvalue weighted by atomic mass is 35.5. The van der Waals surface area contributed by atoms with Crippen LogP contribution >= 0.6 is 34.8 Å². The Balaban J connectivity index is 2.32. The van der Waals surface area contributed by atoms with E-state index in [1.54, 1.807) is 12.1 Å². The minimum atomic E-state index is 0.434. The van der Waals surface area contributed by atoms with Crippen LogP contribution in [0.25, 0.3) is 0 Å². The molecule has 1 aromatic heterocycles. The summed E-state index contributed by atoms with van der Waals surface area (Å²) in [6.07, 6.45) is 2.01. The molecule has 0 aliphatic rings. The van der Waals surface area contributed by atoms with Gasteiger partial charge in [0.05, 0.1) is 26.4 Å². The van der Waals surface area contributed by atoms with Crippen LogP contribution in [-0.2, 0) is 6.54 Å². The summed E-state index contributed by atoms with van der Waals surface area (Å²) in [5.41, 5.74) is 1.64. The molecule has 0 atom stereocenters. The van der Waals surface area contributed by atoms with Crippen molar-refractivity contribution in [2.45, 2.75) is 27.3 Å². The van der Waals surface area contributed by atoms with Crippen molar-refractivity contribution in [2.75, 3.05) is 5.32 Å². The Morgan fingerprint density at radius 1 is 1.15 bits per heavy atom. The summed E-state index contributed by atoms with van der Waals surface area (Å²) < 4.78 is 2.07. The first-order chi connectivity index (χ1) is 9.36. The zero-order valence-corrected chi connectivity index (χ0v) is 13.8. The molecule has 2 rings (SSSR count). The second kappa shape index (κ2) is 6.25. The molecule has 3 nitrogen and oxygen atoms in total. The summed E-state index contributed by atoms with van der Waals surface area (Å²) in [5, 5.41) is 4.61. The number of benzene rings is 1. The lowest BCUT2D eigenvalue weighted by Gasteiger charge is -2.13. The maximum Gasteiger partial charge on any atom is 0.207 e. The predicted molar refractivity (Wildman–Crippen MR) is 86.6 cm³/mol. The lowest BCUT2D eigenvalue weighted by molar-refractivity contribution is 0.527. The average molecular weight is 333 g/mol. The van der Waals surface area contributed by atoms with Gasteiger partial charge in [-0.25, -0.2) is 4.98 Å². The van der Waals surface area contributed by atoms with Crippen LogP contribution in [0, 0.1) is 12.8 Å². The number of halogens is 3. The lowest BCUT2D eigenvalue weighted by Crippen LogP contribution is -2.07. The Hall–Kier alpha value is -0.900. The van der Waals surface area contributed by atoms with Crippen LogP contribution in [0.15, 0.2) is 18.3 Å². The van der Waals surface area contributed by atoms with E-state index in [9.17, 15) is 0 Å². The fourth-order valence-electron chi connectivity index (χ4n) is 1.92. The summed E-state index contributed by atoms with van der Waals surface area (Å²) in [4.78, 5) is 4.47. The molecule has 20 heavy (non-hydrogen) atoms. The van der Waals surface area contributed by atoms with Crippen LogP contribution < -0.4 is 5.32 Å². The standard InChI is InChI=1S/C14H16Cl3N3/c1-8(2)6-20-7-9(3)18-14(20)19-13-5-11(16)10(15)4-12(13)17/h4-5,7-8H,6H2,1-3H3,(H,18,19). The Kier molecular flexibility index (Phi) is 4.84. The van der Waals surface area contributed by atoms with Crippen molar-refractivity contribution in [1.82, 2.24) is 9.55 Å². The molecule has 1 N–H and O–H groups in total. The van der Waals surface area contributed by atoms with Crippen molar-refractivity contribution < 1.29 is 0 Å². The Bertz CT molecular complexity index is 620. The Morgan fingerprint density at radius 3 is 2.45 bits per heavy atom. The molecule has 108 valence electrons. The van der Waals surface area contributed by atoms with E-state index >= 15 is 0 Å². The third kappa shape index (κ3) is 3.60. The summed E-state index contributed by atoms with van der Waals surface area (Å²) >= 11 is 18.1. The molecular formula is C14H16Cl3N3. The first-order valence-electron chi connectivity index (χ1n) is 6.32. The lowest BCUT2D eigenvalue weighted by atomic mass is 10.2. The van der Waals surface area contributed by atoms with Gasteiger partial charge in [-0.3, -0.25) is 0 Å². The minimum Gasteiger partial charge on any atom is -0.324 e. The number of aryl methyl sites for hydroxylation is 1. The van der Waals surface area contributed by atoms with Crippen LogP contribution in [0.5, 0.6) is 0 Å². The number of nitrogens with one attached hydrogen (secondary N) is 1. The first-order valence-corrected chi connectivity index (χ1v) is 7.45. The average Bonchev–Trinajstić information content (AvgIpc) is 2.65. The quantitative estimate of drug-likeness (QED) is 0.744. The molecule has 0 fully saturated rings. The minimum absolute atomic E-state index is 0.434. The van der Waals surface area contributed by atoms with Gasteiger partial charge in [-0.1, -0.05) is 48.7 Å². The van der Waals surface area contributed by atoms with Gasteiger partial charge in [0.15, 0.2) is 0 Å². The molecule has 1 aromatic carbocycles. The van der Waals surface area contributed by atoms with Gasteiger partial charge in [-0.2, -0.15) is 0 Å². The molecular weight excluding hydrogens is 317 g/mol.